The fraction of sp³-hybridized carbons (Fsp3) is 0.300. The highest BCUT2D eigenvalue weighted by molar-refractivity contribution is 7.79. The monoisotopic (exact) mass is 275 g/mol. The number of guanidine groups is 1. The van der Waals surface area contributed by atoms with E-state index in [0.29, 0.717) is 5.96 Å². The zero-order valence-electron chi connectivity index (χ0n) is 9.94. The molecule has 1 aromatic rings. The summed E-state index contributed by atoms with van der Waals surface area (Å²) >= 11 is 0. The Bertz CT molecular complexity index is 451. The molecule has 0 fully saturated rings. The van der Waals surface area contributed by atoms with Gasteiger partial charge >= 0.3 is 10.4 Å². The molecule has 0 aromatic heterocycles. The summed E-state index contributed by atoms with van der Waals surface area (Å²) in [4.78, 5) is 4.12. The second kappa shape index (κ2) is 8.45. The van der Waals surface area contributed by atoms with Gasteiger partial charge < -0.3 is 11.1 Å². The molecule has 0 aliphatic carbocycles. The van der Waals surface area contributed by atoms with Crippen molar-refractivity contribution >= 4 is 16.4 Å². The van der Waals surface area contributed by atoms with E-state index in [9.17, 15) is 0 Å². The Kier molecular flexibility index (Phi) is 7.68. The number of nitrogens with zero attached hydrogens (tertiary/aromatic N) is 1. The zero-order valence-corrected chi connectivity index (χ0v) is 10.8. The fourth-order valence-corrected chi connectivity index (χ4v) is 1.03. The largest absolute Gasteiger partial charge is 0.394 e. The van der Waals surface area contributed by atoms with Crippen LogP contribution in [0.25, 0.3) is 0 Å². The van der Waals surface area contributed by atoms with Crippen molar-refractivity contribution in [2.45, 2.75) is 6.42 Å². The summed E-state index contributed by atoms with van der Waals surface area (Å²) in [7, 11) is -2.90. The molecule has 0 bridgehead atoms. The minimum absolute atomic E-state index is 0.496. The van der Waals surface area contributed by atoms with Gasteiger partial charge in [-0.15, -0.1) is 0 Å². The van der Waals surface area contributed by atoms with Crippen molar-refractivity contribution in [3.05, 3.63) is 35.9 Å². The van der Waals surface area contributed by atoms with Gasteiger partial charge in [-0.2, -0.15) is 8.42 Å². The van der Waals surface area contributed by atoms with E-state index in [1.807, 2.05) is 18.2 Å². The van der Waals surface area contributed by atoms with Gasteiger partial charge in [0.2, 0.25) is 0 Å². The molecule has 102 valence electrons. The third kappa shape index (κ3) is 12.4. The van der Waals surface area contributed by atoms with Gasteiger partial charge in [0.05, 0.1) is 0 Å². The molecule has 0 atom stereocenters. The van der Waals surface area contributed by atoms with Gasteiger partial charge in [-0.3, -0.25) is 14.1 Å². The van der Waals surface area contributed by atoms with Crippen LogP contribution in [-0.2, 0) is 16.8 Å². The topological polar surface area (TPSA) is 125 Å². The third-order valence-corrected chi connectivity index (χ3v) is 1.78. The highest BCUT2D eigenvalue weighted by Crippen LogP contribution is 1.98. The van der Waals surface area contributed by atoms with Crippen molar-refractivity contribution in [2.75, 3.05) is 13.6 Å². The van der Waals surface area contributed by atoms with Gasteiger partial charge in [0, 0.05) is 13.6 Å². The lowest BCUT2D eigenvalue weighted by Gasteiger charge is -1.99. The van der Waals surface area contributed by atoms with Gasteiger partial charge in [-0.05, 0) is 12.0 Å². The number of hydrogen-bond donors (Lipinski definition) is 4. The Morgan fingerprint density at radius 3 is 2.28 bits per heavy atom. The first-order valence-corrected chi connectivity index (χ1v) is 6.44. The van der Waals surface area contributed by atoms with Crippen LogP contribution < -0.4 is 11.1 Å². The highest BCUT2D eigenvalue weighted by atomic mass is 32.3. The van der Waals surface area contributed by atoms with Crippen LogP contribution in [0.1, 0.15) is 5.56 Å². The van der Waals surface area contributed by atoms with Crippen molar-refractivity contribution < 1.29 is 17.5 Å². The average molecular weight is 275 g/mol. The van der Waals surface area contributed by atoms with Crippen molar-refractivity contribution in [1.29, 1.82) is 0 Å². The van der Waals surface area contributed by atoms with Crippen LogP contribution in [0.2, 0.25) is 0 Å². The molecule has 0 aliphatic rings. The molecule has 8 heteroatoms. The van der Waals surface area contributed by atoms with Gasteiger partial charge in [0.15, 0.2) is 5.96 Å². The molecule has 0 radical (unpaired) electrons. The maximum absolute atomic E-state index is 8.74. The van der Waals surface area contributed by atoms with Crippen molar-refractivity contribution in [1.82, 2.24) is 5.32 Å². The van der Waals surface area contributed by atoms with Crippen LogP contribution in [0.4, 0.5) is 0 Å². The van der Waals surface area contributed by atoms with E-state index in [1.165, 1.54) is 5.56 Å². The van der Waals surface area contributed by atoms with Crippen LogP contribution in [0.3, 0.4) is 0 Å². The van der Waals surface area contributed by atoms with Gasteiger partial charge in [-0.1, -0.05) is 30.3 Å². The van der Waals surface area contributed by atoms with E-state index in [2.05, 4.69) is 22.4 Å². The number of nitrogens with one attached hydrogen (secondary N) is 1. The molecule has 1 rings (SSSR count). The summed E-state index contributed by atoms with van der Waals surface area (Å²) < 4.78 is 31.6. The van der Waals surface area contributed by atoms with Crippen LogP contribution >= 0.6 is 0 Å². The fourth-order valence-electron chi connectivity index (χ4n) is 1.03. The van der Waals surface area contributed by atoms with E-state index in [-0.39, 0.29) is 0 Å². The van der Waals surface area contributed by atoms with Crippen LogP contribution in [0.5, 0.6) is 0 Å². The van der Waals surface area contributed by atoms with Crippen LogP contribution in [-0.4, -0.2) is 37.1 Å². The van der Waals surface area contributed by atoms with Crippen LogP contribution in [0.15, 0.2) is 35.3 Å². The summed E-state index contributed by atoms with van der Waals surface area (Å²) in [6.07, 6.45) is 0.934. The van der Waals surface area contributed by atoms with Crippen molar-refractivity contribution in [3.63, 3.8) is 0 Å². The first-order valence-electron chi connectivity index (χ1n) is 5.04. The molecule has 0 aliphatic heterocycles. The smallest absolute Gasteiger partial charge is 0.370 e. The normalized spacial score (nSPS) is 11.4. The summed E-state index contributed by atoms with van der Waals surface area (Å²) in [5.74, 6) is 0.496. The molecular formula is C10H17N3O4S. The predicted octanol–water partition coefficient (Wildman–Crippen LogP) is 0.110. The molecule has 0 saturated heterocycles. The van der Waals surface area contributed by atoms with E-state index < -0.39 is 10.4 Å². The standard InChI is InChI=1S/C10H15N3.H2O4S/c1-12-10(11)13-8-7-9-5-3-2-4-6-9;1-5(2,3)4/h2-6H,7-8H2,1H3,(H3,11,12,13);(H2,1,2,3,4). The highest BCUT2D eigenvalue weighted by Gasteiger charge is 1.90. The average Bonchev–Trinajstić information content (AvgIpc) is 2.28. The Morgan fingerprint density at radius 1 is 1.33 bits per heavy atom. The number of benzene rings is 1. The van der Waals surface area contributed by atoms with Gasteiger partial charge in [0.25, 0.3) is 0 Å². The maximum Gasteiger partial charge on any atom is 0.394 e. The van der Waals surface area contributed by atoms with E-state index in [0.717, 1.165) is 13.0 Å². The Morgan fingerprint density at radius 2 is 1.83 bits per heavy atom. The third-order valence-electron chi connectivity index (χ3n) is 1.78. The number of aliphatic imine (C=N–C) groups is 1. The summed E-state index contributed by atoms with van der Waals surface area (Å²) in [6.45, 7) is 0.733. The quantitative estimate of drug-likeness (QED) is 0.352. The Hall–Kier alpha value is -1.64. The molecular weight excluding hydrogens is 258 g/mol. The molecule has 0 amide bonds. The first-order chi connectivity index (χ1) is 8.33. The molecule has 0 spiro atoms. The first kappa shape index (κ1) is 16.4. The van der Waals surface area contributed by atoms with Gasteiger partial charge in [-0.25, -0.2) is 0 Å². The lowest BCUT2D eigenvalue weighted by Crippen LogP contribution is -2.28. The lowest BCUT2D eigenvalue weighted by atomic mass is 10.2. The molecule has 0 unspecified atom stereocenters. The van der Waals surface area contributed by atoms with E-state index in [4.69, 9.17) is 23.3 Å². The second-order valence-electron chi connectivity index (χ2n) is 3.20. The summed E-state index contributed by atoms with van der Waals surface area (Å²) in [5, 5.41) is 2.78. The van der Waals surface area contributed by atoms with Gasteiger partial charge in [0.1, 0.15) is 0 Å². The molecule has 7 nitrogen and oxygen atoms in total. The van der Waals surface area contributed by atoms with Crippen molar-refractivity contribution in [3.8, 4) is 0 Å². The number of rotatable bonds is 3. The molecule has 18 heavy (non-hydrogen) atoms. The second-order valence-corrected chi connectivity index (χ2v) is 4.10. The molecule has 0 heterocycles. The molecule has 1 aromatic carbocycles. The van der Waals surface area contributed by atoms with E-state index >= 15 is 0 Å². The van der Waals surface area contributed by atoms with Crippen LogP contribution in [0, 0.1) is 0 Å². The number of nitrogens with two attached hydrogens (primary N) is 1. The lowest BCUT2D eigenvalue weighted by molar-refractivity contribution is 0.381. The minimum atomic E-state index is -4.67. The summed E-state index contributed by atoms with van der Waals surface area (Å²) in [6, 6.07) is 10.2. The Balaban J connectivity index is 0.000000494. The predicted molar refractivity (Wildman–Crippen MR) is 69.9 cm³/mol. The summed E-state index contributed by atoms with van der Waals surface area (Å²) in [5.41, 5.74) is 6.76. The SMILES string of the molecule is CN/C(N)=N\CCc1ccccc1.O=S(=O)(O)O. The Labute approximate surface area is 106 Å². The number of hydrogen-bond acceptors (Lipinski definition) is 3. The van der Waals surface area contributed by atoms with E-state index in [1.54, 1.807) is 7.05 Å². The van der Waals surface area contributed by atoms with Crippen molar-refractivity contribution in [2.24, 2.45) is 10.7 Å². The molecule has 5 N–H and O–H groups in total. The maximum atomic E-state index is 8.74. The zero-order chi connectivity index (χ0) is 14.0. The minimum Gasteiger partial charge on any atom is -0.370 e. The molecule has 0 saturated carbocycles.